The third kappa shape index (κ3) is 4.01. The quantitative estimate of drug-likeness (QED) is 0.867. The van der Waals surface area contributed by atoms with Gasteiger partial charge in [0.1, 0.15) is 11.9 Å². The second-order valence-electron chi connectivity index (χ2n) is 6.25. The van der Waals surface area contributed by atoms with Gasteiger partial charge in [-0.2, -0.15) is 13.2 Å². The molecule has 8 heteroatoms. The number of carbonyl (C=O) groups excluding carboxylic acids is 1. The lowest BCUT2D eigenvalue weighted by Gasteiger charge is -2.26. The fourth-order valence-corrected chi connectivity index (χ4v) is 3.13. The van der Waals surface area contributed by atoms with Gasteiger partial charge in [0.25, 0.3) is 0 Å². The number of nitrogens with zero attached hydrogens (tertiary/aromatic N) is 2. The van der Waals surface area contributed by atoms with Crippen LogP contribution in [0.3, 0.4) is 0 Å². The van der Waals surface area contributed by atoms with E-state index in [1.807, 2.05) is 30.3 Å². The Balaban J connectivity index is 1.64. The van der Waals surface area contributed by atoms with Crippen LogP contribution in [-0.2, 0) is 23.9 Å². The maximum Gasteiger partial charge on any atom is 0.434 e. The first-order valence-corrected chi connectivity index (χ1v) is 8.05. The lowest BCUT2D eigenvalue weighted by molar-refractivity contribution is -0.141. The number of amides is 1. The van der Waals surface area contributed by atoms with E-state index in [1.165, 1.54) is 0 Å². The number of aryl methyl sites for hydroxylation is 1. The number of benzene rings is 1. The number of fused-ring (bicyclic) bond motifs is 1. The molecule has 0 saturated carbocycles. The average Bonchev–Trinajstić information content (AvgIpc) is 2.99. The Kier molecular flexibility index (Phi) is 4.80. The summed E-state index contributed by atoms with van der Waals surface area (Å²) in [6.07, 6.45) is -2.18. The van der Waals surface area contributed by atoms with Gasteiger partial charge in [0.15, 0.2) is 5.69 Å². The third-order valence-electron chi connectivity index (χ3n) is 4.41. The Morgan fingerprint density at radius 3 is 2.72 bits per heavy atom. The Morgan fingerprint density at radius 2 is 2.08 bits per heavy atom. The molecule has 3 N–H and O–H groups in total. The molecule has 1 aliphatic heterocycles. The highest BCUT2D eigenvalue weighted by Crippen LogP contribution is 2.30. The molecule has 0 fully saturated rings. The maximum atomic E-state index is 12.8. The van der Waals surface area contributed by atoms with Crippen molar-refractivity contribution < 1.29 is 18.0 Å². The number of nitrogens with one attached hydrogen (secondary N) is 1. The molecule has 25 heavy (non-hydrogen) atoms. The van der Waals surface area contributed by atoms with Gasteiger partial charge in [-0.1, -0.05) is 30.3 Å². The highest BCUT2D eigenvalue weighted by molar-refractivity contribution is 5.81. The van der Waals surface area contributed by atoms with Gasteiger partial charge < -0.3 is 15.6 Å². The molecule has 3 rings (SSSR count). The first kappa shape index (κ1) is 17.5. The molecule has 0 aliphatic carbocycles. The van der Waals surface area contributed by atoms with Gasteiger partial charge in [-0.15, -0.1) is 0 Å². The van der Waals surface area contributed by atoms with Crippen molar-refractivity contribution in [2.24, 2.45) is 11.7 Å². The van der Waals surface area contributed by atoms with E-state index in [0.29, 0.717) is 31.8 Å². The summed E-state index contributed by atoms with van der Waals surface area (Å²) in [6.45, 7) is 0.924. The predicted octanol–water partition coefficient (Wildman–Crippen LogP) is 2.28. The van der Waals surface area contributed by atoms with Crippen molar-refractivity contribution >= 4 is 5.91 Å². The topological polar surface area (TPSA) is 72.9 Å². The number of primary amides is 1. The number of nitrogens with two attached hydrogens (primary N) is 1. The summed E-state index contributed by atoms with van der Waals surface area (Å²) in [7, 11) is 0. The van der Waals surface area contributed by atoms with Crippen LogP contribution in [0.1, 0.15) is 29.5 Å². The Bertz CT molecular complexity index is 742. The first-order chi connectivity index (χ1) is 11.8. The van der Waals surface area contributed by atoms with Crippen molar-refractivity contribution in [1.29, 1.82) is 0 Å². The zero-order valence-electron chi connectivity index (χ0n) is 13.5. The highest BCUT2D eigenvalue weighted by Gasteiger charge is 2.35. The summed E-state index contributed by atoms with van der Waals surface area (Å²) < 4.78 is 39.8. The number of imidazole rings is 1. The Labute approximate surface area is 143 Å². The van der Waals surface area contributed by atoms with Crippen molar-refractivity contribution in [2.75, 3.05) is 6.54 Å². The van der Waals surface area contributed by atoms with Gasteiger partial charge in [-0.05, 0) is 17.9 Å². The summed E-state index contributed by atoms with van der Waals surface area (Å²) in [5.41, 5.74) is 5.39. The van der Waals surface area contributed by atoms with Gasteiger partial charge in [0.05, 0.1) is 0 Å². The van der Waals surface area contributed by atoms with Crippen molar-refractivity contribution in [3.05, 3.63) is 53.6 Å². The zero-order valence-corrected chi connectivity index (χ0v) is 13.5. The van der Waals surface area contributed by atoms with E-state index in [-0.39, 0.29) is 5.92 Å². The van der Waals surface area contributed by atoms with Gasteiger partial charge >= 0.3 is 6.18 Å². The Morgan fingerprint density at radius 1 is 1.36 bits per heavy atom. The van der Waals surface area contributed by atoms with E-state index in [4.69, 9.17) is 5.73 Å². The molecule has 0 saturated heterocycles. The van der Waals surface area contributed by atoms with Crippen LogP contribution in [0.4, 0.5) is 13.2 Å². The molecule has 0 unspecified atom stereocenters. The van der Waals surface area contributed by atoms with E-state index >= 15 is 0 Å². The van der Waals surface area contributed by atoms with Crippen molar-refractivity contribution in [3.8, 4) is 0 Å². The number of rotatable bonds is 5. The summed E-state index contributed by atoms with van der Waals surface area (Å²) in [4.78, 5) is 15.4. The number of aromatic nitrogens is 2. The molecule has 1 amide bonds. The predicted molar refractivity (Wildman–Crippen MR) is 85.4 cm³/mol. The minimum Gasteiger partial charge on any atom is -0.368 e. The van der Waals surface area contributed by atoms with Crippen molar-refractivity contribution in [1.82, 2.24) is 14.9 Å². The molecule has 5 nitrogen and oxygen atoms in total. The van der Waals surface area contributed by atoms with Gasteiger partial charge in [0, 0.05) is 25.7 Å². The summed E-state index contributed by atoms with van der Waals surface area (Å²) >= 11 is 0. The Hall–Kier alpha value is -2.35. The molecule has 1 aliphatic rings. The fraction of sp³-hybridized carbons (Fsp3) is 0.412. The minimum absolute atomic E-state index is 0.105. The van der Waals surface area contributed by atoms with E-state index in [0.717, 1.165) is 11.8 Å². The molecule has 2 heterocycles. The lowest BCUT2D eigenvalue weighted by atomic mass is 9.98. The molecule has 0 spiro atoms. The molecule has 2 atom stereocenters. The lowest BCUT2D eigenvalue weighted by Crippen LogP contribution is -2.38. The number of hydrogen-bond donors (Lipinski definition) is 2. The summed E-state index contributed by atoms with van der Waals surface area (Å²) in [6, 6.07) is 8.51. The van der Waals surface area contributed by atoms with Crippen molar-refractivity contribution in [2.45, 2.75) is 31.6 Å². The van der Waals surface area contributed by atoms with Crippen LogP contribution in [0, 0.1) is 5.92 Å². The number of carbonyl (C=O) groups is 1. The fourth-order valence-electron chi connectivity index (χ4n) is 3.13. The normalized spacial score (nSPS) is 18.6. The second-order valence-corrected chi connectivity index (χ2v) is 6.25. The van der Waals surface area contributed by atoms with Crippen LogP contribution >= 0.6 is 0 Å². The third-order valence-corrected chi connectivity index (χ3v) is 4.41. The largest absolute Gasteiger partial charge is 0.434 e. The first-order valence-electron chi connectivity index (χ1n) is 8.05. The molecule has 0 bridgehead atoms. The average molecular weight is 352 g/mol. The highest BCUT2D eigenvalue weighted by atomic mass is 19.4. The molecule has 134 valence electrons. The minimum atomic E-state index is -4.43. The molecular weight excluding hydrogens is 333 g/mol. The van der Waals surface area contributed by atoms with Crippen LogP contribution in [0.25, 0.3) is 0 Å². The van der Waals surface area contributed by atoms with Gasteiger partial charge in [-0.25, -0.2) is 4.98 Å². The van der Waals surface area contributed by atoms with E-state index in [1.54, 1.807) is 4.57 Å². The van der Waals surface area contributed by atoms with Crippen LogP contribution in [0.15, 0.2) is 36.5 Å². The van der Waals surface area contributed by atoms with Crippen LogP contribution < -0.4 is 11.1 Å². The van der Waals surface area contributed by atoms with Crippen LogP contribution in [0.2, 0.25) is 0 Å². The van der Waals surface area contributed by atoms with Crippen LogP contribution in [0.5, 0.6) is 0 Å². The standard InChI is InChI=1S/C17H19F3N4O/c18-17(19,20)13-10-24-9-11(6-7-14(24)23-13)8-22-15(16(21)25)12-4-2-1-3-5-12/h1-5,10-11,15,22H,6-9H2,(H2,21,25)/t11-,15+/m1/s1. The smallest absolute Gasteiger partial charge is 0.368 e. The second kappa shape index (κ2) is 6.87. The van der Waals surface area contributed by atoms with Gasteiger partial charge in [-0.3, -0.25) is 4.79 Å². The molecule has 0 radical (unpaired) electrons. The molecule has 2 aromatic rings. The monoisotopic (exact) mass is 352 g/mol. The van der Waals surface area contributed by atoms with Gasteiger partial charge in [0.2, 0.25) is 5.91 Å². The van der Waals surface area contributed by atoms with E-state index in [2.05, 4.69) is 10.3 Å². The van der Waals surface area contributed by atoms with E-state index in [9.17, 15) is 18.0 Å². The van der Waals surface area contributed by atoms with E-state index < -0.39 is 23.8 Å². The number of alkyl halides is 3. The number of hydrogen-bond acceptors (Lipinski definition) is 3. The van der Waals surface area contributed by atoms with Crippen LogP contribution in [-0.4, -0.2) is 22.0 Å². The summed E-state index contributed by atoms with van der Waals surface area (Å²) in [5.74, 6) is 0.0797. The summed E-state index contributed by atoms with van der Waals surface area (Å²) in [5, 5.41) is 3.14. The number of halogens is 3. The zero-order chi connectivity index (χ0) is 18.0. The maximum absolute atomic E-state index is 12.8. The van der Waals surface area contributed by atoms with Crippen molar-refractivity contribution in [3.63, 3.8) is 0 Å². The molecular formula is C17H19F3N4O. The molecule has 1 aromatic heterocycles. The molecule has 1 aromatic carbocycles. The SMILES string of the molecule is NC(=O)[C@@H](NC[C@H]1CCc2nc(C(F)(F)F)cn2C1)c1ccccc1.